The zero-order valence-electron chi connectivity index (χ0n) is 21.6. The van der Waals surface area contributed by atoms with Gasteiger partial charge in [-0.1, -0.05) is 95.1 Å². The van der Waals surface area contributed by atoms with Crippen LogP contribution in [0.15, 0.2) is 78.9 Å². The van der Waals surface area contributed by atoms with Gasteiger partial charge in [0.05, 0.1) is 0 Å². The Morgan fingerprint density at radius 1 is 0.686 bits per heavy atom. The molecule has 0 spiro atoms. The van der Waals surface area contributed by atoms with E-state index in [0.29, 0.717) is 11.8 Å². The van der Waals surface area contributed by atoms with Crippen molar-refractivity contribution in [1.82, 2.24) is 0 Å². The lowest BCUT2D eigenvalue weighted by Crippen LogP contribution is -2.02. The molecule has 3 aromatic rings. The van der Waals surface area contributed by atoms with Crippen LogP contribution in [-0.2, 0) is 11.8 Å². The van der Waals surface area contributed by atoms with Crippen molar-refractivity contribution in [2.75, 3.05) is 0 Å². The monoisotopic (exact) mass is 526 g/mol. The summed E-state index contributed by atoms with van der Waals surface area (Å²) < 4.78 is 13.2. The van der Waals surface area contributed by atoms with E-state index in [1.165, 1.54) is 16.7 Å². The quantitative estimate of drug-likeness (QED) is 0.206. The fraction of sp³-hybridized carbons (Fsp3) is 0.400. The Morgan fingerprint density at radius 3 is 1.60 bits per heavy atom. The van der Waals surface area contributed by atoms with Gasteiger partial charge in [0.1, 0.15) is 11.5 Å². The average molecular weight is 527 g/mol. The molecule has 0 N–H and O–H groups in total. The predicted molar refractivity (Wildman–Crippen MR) is 158 cm³/mol. The highest BCUT2D eigenvalue weighted by atomic mass is 32.9. The second-order valence-electron chi connectivity index (χ2n) is 9.31. The van der Waals surface area contributed by atoms with Crippen LogP contribution in [-0.4, -0.2) is 0 Å². The van der Waals surface area contributed by atoms with Gasteiger partial charge in [0.2, 0.25) is 0 Å². The molecule has 0 saturated heterocycles. The summed E-state index contributed by atoms with van der Waals surface area (Å²) in [6, 6.07) is 27.2. The van der Waals surface area contributed by atoms with E-state index in [2.05, 4.69) is 95.3 Å². The van der Waals surface area contributed by atoms with Gasteiger partial charge in [0.25, 0.3) is 0 Å². The Bertz CT molecular complexity index is 1040. The molecule has 5 heteroatoms. The zero-order chi connectivity index (χ0) is 25.3. The van der Waals surface area contributed by atoms with E-state index in [-0.39, 0.29) is 5.25 Å². The van der Waals surface area contributed by atoms with Gasteiger partial charge in [-0.3, -0.25) is 0 Å². The Hall–Kier alpha value is -1.74. The first-order valence-corrected chi connectivity index (χ1v) is 16.9. The lowest BCUT2D eigenvalue weighted by molar-refractivity contribution is 0.504. The van der Waals surface area contributed by atoms with E-state index in [1.54, 1.807) is 11.4 Å². The fourth-order valence-electron chi connectivity index (χ4n) is 4.25. The molecule has 35 heavy (non-hydrogen) atoms. The molecule has 3 unspecified atom stereocenters. The third-order valence-electron chi connectivity index (χ3n) is 6.29. The van der Waals surface area contributed by atoms with Crippen molar-refractivity contribution < 1.29 is 9.05 Å². The van der Waals surface area contributed by atoms with Gasteiger partial charge in [-0.05, 0) is 95.7 Å². The second-order valence-corrected chi connectivity index (χ2v) is 15.7. The first kappa shape index (κ1) is 27.8. The van der Waals surface area contributed by atoms with Gasteiger partial charge in [-0.15, -0.1) is 0 Å². The molecular weight excluding hydrogens is 487 g/mol. The Balaban J connectivity index is 1.90. The molecule has 0 fully saturated rings. The van der Waals surface area contributed by atoms with E-state index >= 15 is 0 Å². The second kappa shape index (κ2) is 13.5. The molecule has 0 amide bonds. The van der Waals surface area contributed by atoms with Crippen molar-refractivity contribution in [2.24, 2.45) is 0 Å². The van der Waals surface area contributed by atoms with Crippen LogP contribution in [0.25, 0.3) is 0 Å². The standard InChI is InChI=1S/C30H39O2PS2/c1-6-13-23(3)27-17-11-19-29(21-27)31-33(34,35-25(5)26-15-9-8-10-16-26)32-30-20-12-18-28(22-30)24(4)14-7-2/h8-12,15-25H,6-7,13-14H2,1-5H3. The molecule has 0 bridgehead atoms. The minimum atomic E-state index is -2.77. The van der Waals surface area contributed by atoms with Crippen LogP contribution in [0.1, 0.15) is 94.1 Å². The van der Waals surface area contributed by atoms with Crippen molar-refractivity contribution in [2.45, 2.75) is 77.4 Å². The molecule has 3 aromatic carbocycles. The molecule has 3 rings (SSSR count). The lowest BCUT2D eigenvalue weighted by Gasteiger charge is -2.26. The van der Waals surface area contributed by atoms with Crippen LogP contribution in [0.2, 0.25) is 0 Å². The van der Waals surface area contributed by atoms with Crippen molar-refractivity contribution in [3.05, 3.63) is 95.6 Å². The van der Waals surface area contributed by atoms with E-state index in [9.17, 15) is 0 Å². The molecule has 0 aliphatic rings. The van der Waals surface area contributed by atoms with E-state index in [0.717, 1.165) is 37.2 Å². The molecule has 0 aliphatic carbocycles. The number of rotatable bonds is 13. The minimum Gasteiger partial charge on any atom is -0.428 e. The molecule has 0 aliphatic heterocycles. The van der Waals surface area contributed by atoms with E-state index < -0.39 is 5.69 Å². The van der Waals surface area contributed by atoms with Gasteiger partial charge < -0.3 is 9.05 Å². The van der Waals surface area contributed by atoms with Crippen molar-refractivity contribution in [1.29, 1.82) is 0 Å². The van der Waals surface area contributed by atoms with E-state index in [4.69, 9.17) is 20.9 Å². The first-order valence-electron chi connectivity index (χ1n) is 12.8. The highest BCUT2D eigenvalue weighted by Crippen LogP contribution is 2.64. The maximum absolute atomic E-state index is 6.58. The summed E-state index contributed by atoms with van der Waals surface area (Å²) >= 11 is 7.81. The summed E-state index contributed by atoms with van der Waals surface area (Å²) in [7, 11) is 0. The van der Waals surface area contributed by atoms with Crippen molar-refractivity contribution in [3.8, 4) is 11.5 Å². The molecule has 3 atom stereocenters. The average Bonchev–Trinajstić information content (AvgIpc) is 2.85. The third-order valence-corrected chi connectivity index (χ3v) is 11.4. The normalized spacial score (nSPS) is 15.6. The SMILES string of the molecule is CCCC(C)c1cccc(OP(=S)(Oc2cccc(C(C)CCC)c2)SC(C)c2ccccc2)c1. The topological polar surface area (TPSA) is 18.5 Å². The number of hydrogen-bond donors (Lipinski definition) is 0. The summed E-state index contributed by atoms with van der Waals surface area (Å²) in [4.78, 5) is 0. The molecule has 188 valence electrons. The zero-order valence-corrected chi connectivity index (χ0v) is 24.2. The minimum absolute atomic E-state index is 0.145. The van der Waals surface area contributed by atoms with E-state index in [1.807, 2.05) is 18.2 Å². The maximum atomic E-state index is 6.58. The number of benzene rings is 3. The van der Waals surface area contributed by atoms with Gasteiger partial charge in [0, 0.05) is 5.25 Å². The maximum Gasteiger partial charge on any atom is 0.349 e. The summed E-state index contributed by atoms with van der Waals surface area (Å²) in [5, 5.41) is 0.145. The molecule has 0 aromatic heterocycles. The first-order chi connectivity index (χ1) is 16.8. The number of hydrogen-bond acceptors (Lipinski definition) is 4. The Kier molecular flexibility index (Phi) is 10.8. The van der Waals surface area contributed by atoms with Crippen LogP contribution in [0.3, 0.4) is 0 Å². The smallest absolute Gasteiger partial charge is 0.349 e. The summed E-state index contributed by atoms with van der Waals surface area (Å²) in [5.74, 6) is 2.54. The summed E-state index contributed by atoms with van der Waals surface area (Å²) in [6.07, 6.45) is 4.61. The van der Waals surface area contributed by atoms with Crippen molar-refractivity contribution in [3.63, 3.8) is 0 Å². The highest BCUT2D eigenvalue weighted by Gasteiger charge is 2.28. The third kappa shape index (κ3) is 8.41. The molecule has 2 nitrogen and oxygen atoms in total. The van der Waals surface area contributed by atoms with Gasteiger partial charge in [-0.2, -0.15) is 0 Å². The molecule has 0 radical (unpaired) electrons. The van der Waals surface area contributed by atoms with Gasteiger partial charge in [-0.25, -0.2) is 0 Å². The molecule has 0 heterocycles. The molecular formula is C30H39O2PS2. The van der Waals surface area contributed by atoms with Crippen LogP contribution in [0.4, 0.5) is 0 Å². The van der Waals surface area contributed by atoms with Gasteiger partial charge in [0.15, 0.2) is 0 Å². The lowest BCUT2D eigenvalue weighted by atomic mass is 9.96. The predicted octanol–water partition coefficient (Wildman–Crippen LogP) is 10.7. The summed E-state index contributed by atoms with van der Waals surface area (Å²) in [5.41, 5.74) is 1.01. The molecule has 0 saturated carbocycles. The Morgan fingerprint density at radius 2 is 1.14 bits per heavy atom. The highest BCUT2D eigenvalue weighted by molar-refractivity contribution is 8.68. The van der Waals surface area contributed by atoms with Crippen LogP contribution in [0, 0.1) is 0 Å². The van der Waals surface area contributed by atoms with Crippen LogP contribution < -0.4 is 9.05 Å². The Labute approximate surface area is 221 Å². The van der Waals surface area contributed by atoms with Crippen LogP contribution >= 0.6 is 17.1 Å². The summed E-state index contributed by atoms with van der Waals surface area (Å²) in [6.45, 7) is 11.2. The van der Waals surface area contributed by atoms with Gasteiger partial charge >= 0.3 is 5.69 Å². The van der Waals surface area contributed by atoms with Crippen LogP contribution in [0.5, 0.6) is 11.5 Å². The van der Waals surface area contributed by atoms with Crippen molar-refractivity contribution >= 4 is 28.9 Å². The fourth-order valence-corrected chi connectivity index (χ4v) is 9.77. The largest absolute Gasteiger partial charge is 0.428 e.